The van der Waals surface area contributed by atoms with Gasteiger partial charge in [-0.05, 0) is 0 Å². The Labute approximate surface area is 136 Å². The van der Waals surface area contributed by atoms with Crippen LogP contribution < -0.4 is 4.74 Å². The molecule has 6 N–H and O–H groups in total. The first-order valence-corrected chi connectivity index (χ1v) is 7.35. The van der Waals surface area contributed by atoms with E-state index in [1.807, 2.05) is 0 Å². The molecule has 2 aromatic rings. The third-order valence-electron chi connectivity index (χ3n) is 4.05. The molecule has 1 saturated heterocycles. The number of ether oxygens (including phenoxy) is 2. The molecule has 1 aliphatic rings. The van der Waals surface area contributed by atoms with Crippen molar-refractivity contribution in [1.29, 1.82) is 0 Å². The molecule has 130 valence electrons. The number of aliphatic hydroxyl groups is 4. The Balaban J connectivity index is 1.96. The molecule has 0 saturated carbocycles. The molecule has 8 nitrogen and oxygen atoms in total. The zero-order valence-corrected chi connectivity index (χ0v) is 12.5. The molecule has 1 fully saturated rings. The lowest BCUT2D eigenvalue weighted by atomic mass is 9.99. The lowest BCUT2D eigenvalue weighted by Gasteiger charge is -2.39. The summed E-state index contributed by atoms with van der Waals surface area (Å²) in [5.74, 6) is -0.634. The largest absolute Gasteiger partial charge is 0.504 e. The van der Waals surface area contributed by atoms with Gasteiger partial charge in [-0.15, -0.1) is 0 Å². The maximum absolute atomic E-state index is 10.0. The van der Waals surface area contributed by atoms with Crippen molar-refractivity contribution < 1.29 is 40.1 Å². The van der Waals surface area contributed by atoms with Crippen LogP contribution in [0.25, 0.3) is 10.8 Å². The highest BCUT2D eigenvalue weighted by Gasteiger charge is 2.44. The average Bonchev–Trinajstić information content (AvgIpc) is 2.59. The molecule has 5 atom stereocenters. The van der Waals surface area contributed by atoms with Gasteiger partial charge in [0.25, 0.3) is 0 Å². The van der Waals surface area contributed by atoms with Gasteiger partial charge in [0, 0.05) is 16.8 Å². The molecule has 0 unspecified atom stereocenters. The molecule has 0 aliphatic carbocycles. The SMILES string of the molecule is OC[C@H]1O[C@H](Oc2cc(O)c(O)c3ccccc23)[C@H](O)[C@@H](O)[C@@H]1O. The van der Waals surface area contributed by atoms with Crippen LogP contribution >= 0.6 is 0 Å². The van der Waals surface area contributed by atoms with Crippen LogP contribution in [0.3, 0.4) is 0 Å². The predicted molar refractivity (Wildman–Crippen MR) is 81.7 cm³/mol. The Morgan fingerprint density at radius 1 is 0.958 bits per heavy atom. The molecule has 2 aromatic carbocycles. The van der Waals surface area contributed by atoms with Crippen LogP contribution in [0, 0.1) is 0 Å². The molecule has 0 aromatic heterocycles. The summed E-state index contributed by atoms with van der Waals surface area (Å²) in [6.45, 7) is -0.577. The van der Waals surface area contributed by atoms with Crippen LogP contribution in [0.1, 0.15) is 0 Å². The number of benzene rings is 2. The topological polar surface area (TPSA) is 140 Å². The van der Waals surface area contributed by atoms with Crippen molar-refractivity contribution in [2.24, 2.45) is 0 Å². The van der Waals surface area contributed by atoms with E-state index in [9.17, 15) is 30.6 Å². The second-order valence-electron chi connectivity index (χ2n) is 5.60. The van der Waals surface area contributed by atoms with Crippen LogP contribution in [0.4, 0.5) is 0 Å². The zero-order valence-electron chi connectivity index (χ0n) is 12.5. The van der Waals surface area contributed by atoms with Gasteiger partial charge in [-0.1, -0.05) is 24.3 Å². The Kier molecular flexibility index (Phi) is 4.48. The Hall–Kier alpha value is -2.10. The van der Waals surface area contributed by atoms with E-state index in [0.717, 1.165) is 6.07 Å². The van der Waals surface area contributed by atoms with Crippen LogP contribution in [-0.4, -0.2) is 68.0 Å². The summed E-state index contributed by atoms with van der Waals surface area (Å²) in [5.41, 5.74) is 0. The second kappa shape index (κ2) is 6.42. The summed E-state index contributed by atoms with van der Waals surface area (Å²) in [7, 11) is 0. The number of rotatable bonds is 3. The lowest BCUT2D eigenvalue weighted by molar-refractivity contribution is -0.277. The van der Waals surface area contributed by atoms with Gasteiger partial charge in [0.2, 0.25) is 6.29 Å². The van der Waals surface area contributed by atoms with Gasteiger partial charge in [-0.25, -0.2) is 0 Å². The quantitative estimate of drug-likeness (QED) is 0.409. The van der Waals surface area contributed by atoms with Crippen molar-refractivity contribution in [3.8, 4) is 17.2 Å². The van der Waals surface area contributed by atoms with Crippen molar-refractivity contribution >= 4 is 10.8 Å². The molecule has 0 spiro atoms. The zero-order chi connectivity index (χ0) is 17.4. The van der Waals surface area contributed by atoms with Crippen molar-refractivity contribution in [3.63, 3.8) is 0 Å². The normalized spacial score (nSPS) is 30.4. The first-order chi connectivity index (χ1) is 11.4. The fourth-order valence-corrected chi connectivity index (χ4v) is 2.70. The summed E-state index contributed by atoms with van der Waals surface area (Å²) in [6.07, 6.45) is -7.12. The molecule has 0 radical (unpaired) electrons. The van der Waals surface area contributed by atoms with E-state index in [1.165, 1.54) is 0 Å². The van der Waals surface area contributed by atoms with E-state index in [4.69, 9.17) is 9.47 Å². The van der Waals surface area contributed by atoms with Gasteiger partial charge in [0.1, 0.15) is 30.2 Å². The number of phenolic OH excluding ortho intramolecular Hbond substituents is 2. The summed E-state index contributed by atoms with van der Waals surface area (Å²) >= 11 is 0. The molecule has 1 heterocycles. The Bertz CT molecular complexity index is 731. The van der Waals surface area contributed by atoms with Gasteiger partial charge in [-0.3, -0.25) is 0 Å². The molecular formula is C16H18O8. The fraction of sp³-hybridized carbons (Fsp3) is 0.375. The van der Waals surface area contributed by atoms with Gasteiger partial charge >= 0.3 is 0 Å². The highest BCUT2D eigenvalue weighted by Crippen LogP contribution is 2.40. The number of phenols is 2. The third kappa shape index (κ3) is 2.74. The van der Waals surface area contributed by atoms with E-state index in [1.54, 1.807) is 24.3 Å². The van der Waals surface area contributed by atoms with Crippen molar-refractivity contribution in [1.82, 2.24) is 0 Å². The van der Waals surface area contributed by atoms with E-state index in [2.05, 4.69) is 0 Å². The average molecular weight is 338 g/mol. The minimum atomic E-state index is -1.57. The van der Waals surface area contributed by atoms with E-state index < -0.39 is 43.1 Å². The van der Waals surface area contributed by atoms with Crippen molar-refractivity contribution in [2.75, 3.05) is 6.61 Å². The maximum atomic E-state index is 10.0. The Morgan fingerprint density at radius 2 is 1.62 bits per heavy atom. The van der Waals surface area contributed by atoms with Crippen molar-refractivity contribution in [2.45, 2.75) is 30.7 Å². The molecule has 0 bridgehead atoms. The first-order valence-electron chi connectivity index (χ1n) is 7.35. The summed E-state index contributed by atoms with van der Waals surface area (Å²) < 4.78 is 10.8. The standard InChI is InChI=1S/C16H18O8/c17-6-11-13(20)14(21)15(22)16(24-11)23-10-5-9(18)12(19)8-4-2-1-3-7(8)10/h1-5,11,13-22H,6H2/t11-,13-,14+,15-,16+/m1/s1. The van der Waals surface area contributed by atoms with Crippen LogP contribution in [0.5, 0.6) is 17.2 Å². The maximum Gasteiger partial charge on any atom is 0.229 e. The van der Waals surface area contributed by atoms with E-state index in [-0.39, 0.29) is 11.5 Å². The van der Waals surface area contributed by atoms with Gasteiger partial charge in [-0.2, -0.15) is 0 Å². The highest BCUT2D eigenvalue weighted by atomic mass is 16.7. The minimum Gasteiger partial charge on any atom is -0.504 e. The van der Waals surface area contributed by atoms with Crippen LogP contribution in [0.15, 0.2) is 30.3 Å². The number of aliphatic hydroxyl groups excluding tert-OH is 4. The van der Waals surface area contributed by atoms with Gasteiger partial charge < -0.3 is 40.1 Å². The summed E-state index contributed by atoms with van der Waals surface area (Å²) in [5, 5.41) is 59.3. The minimum absolute atomic E-state index is 0.102. The molecule has 8 heteroatoms. The van der Waals surface area contributed by atoms with E-state index in [0.29, 0.717) is 10.8 Å². The number of aromatic hydroxyl groups is 2. The highest BCUT2D eigenvalue weighted by molar-refractivity contribution is 5.95. The smallest absolute Gasteiger partial charge is 0.229 e. The second-order valence-corrected chi connectivity index (χ2v) is 5.60. The number of hydrogen-bond acceptors (Lipinski definition) is 8. The van der Waals surface area contributed by atoms with Crippen LogP contribution in [0.2, 0.25) is 0 Å². The number of fused-ring (bicyclic) bond motifs is 1. The molecule has 0 amide bonds. The number of hydrogen-bond donors (Lipinski definition) is 6. The predicted octanol–water partition coefficient (Wildman–Crippen LogP) is -0.570. The third-order valence-corrected chi connectivity index (χ3v) is 4.05. The summed E-state index contributed by atoms with van der Waals surface area (Å²) in [6, 6.07) is 7.72. The van der Waals surface area contributed by atoms with Crippen LogP contribution in [-0.2, 0) is 4.74 Å². The van der Waals surface area contributed by atoms with E-state index >= 15 is 0 Å². The molecule has 3 rings (SSSR count). The van der Waals surface area contributed by atoms with Gasteiger partial charge in [0.15, 0.2) is 11.5 Å². The molecular weight excluding hydrogens is 320 g/mol. The monoisotopic (exact) mass is 338 g/mol. The summed E-state index contributed by atoms with van der Waals surface area (Å²) in [4.78, 5) is 0. The fourth-order valence-electron chi connectivity index (χ4n) is 2.70. The Morgan fingerprint density at radius 3 is 2.29 bits per heavy atom. The molecule has 24 heavy (non-hydrogen) atoms. The first kappa shape index (κ1) is 16.7. The molecule has 1 aliphatic heterocycles. The van der Waals surface area contributed by atoms with Gasteiger partial charge in [0.05, 0.1) is 6.61 Å². The van der Waals surface area contributed by atoms with Crippen molar-refractivity contribution in [3.05, 3.63) is 30.3 Å². The lowest BCUT2D eigenvalue weighted by Crippen LogP contribution is -2.60.